The van der Waals surface area contributed by atoms with Crippen LogP contribution in [0.4, 0.5) is 11.4 Å². The van der Waals surface area contributed by atoms with E-state index in [1.165, 1.54) is 4.31 Å². The standard InChI is InChI=1S/C26H24N2O5S/c1-27-23(16-7-8-16)14-28(19-5-3-2-4-6-19)22-13-24-21(12-25(22)34(27,31)32)20-11-17(26(29)30)9-10-18(20)15-33-24/h2-6,9-13,16,23H,7-8,14-15H2,1H3,(H,29,30)/t23-/m0/s1. The first-order valence-electron chi connectivity index (χ1n) is 11.3. The van der Waals surface area contributed by atoms with Crippen molar-refractivity contribution in [3.8, 4) is 16.9 Å². The molecule has 1 aliphatic carbocycles. The molecule has 0 radical (unpaired) electrons. The molecule has 1 N–H and O–H groups in total. The van der Waals surface area contributed by atoms with E-state index < -0.39 is 16.0 Å². The molecular weight excluding hydrogens is 452 g/mol. The molecule has 0 aromatic heterocycles. The summed E-state index contributed by atoms with van der Waals surface area (Å²) in [6.45, 7) is 0.847. The number of ether oxygens (including phenoxy) is 1. The van der Waals surface area contributed by atoms with Crippen molar-refractivity contribution in [2.75, 3.05) is 18.5 Å². The molecule has 0 bridgehead atoms. The lowest BCUT2D eigenvalue weighted by Gasteiger charge is -2.30. The van der Waals surface area contributed by atoms with Crippen molar-refractivity contribution in [1.29, 1.82) is 0 Å². The Morgan fingerprint density at radius 2 is 1.79 bits per heavy atom. The molecule has 0 unspecified atom stereocenters. The Bertz CT molecular complexity index is 1420. The summed E-state index contributed by atoms with van der Waals surface area (Å²) in [6, 6.07) is 18.0. The summed E-state index contributed by atoms with van der Waals surface area (Å²) in [6.07, 6.45) is 2.04. The van der Waals surface area contributed by atoms with Gasteiger partial charge >= 0.3 is 5.97 Å². The maximum absolute atomic E-state index is 13.9. The molecule has 3 aliphatic rings. The highest BCUT2D eigenvalue weighted by atomic mass is 32.2. The third kappa shape index (κ3) is 3.28. The number of benzene rings is 3. The molecular formula is C26H24N2O5S. The minimum absolute atomic E-state index is 0.138. The summed E-state index contributed by atoms with van der Waals surface area (Å²) in [7, 11) is -2.13. The Morgan fingerprint density at radius 1 is 1.03 bits per heavy atom. The van der Waals surface area contributed by atoms with E-state index in [2.05, 4.69) is 4.90 Å². The second-order valence-corrected chi connectivity index (χ2v) is 11.1. The van der Waals surface area contributed by atoms with Crippen LogP contribution < -0.4 is 9.64 Å². The van der Waals surface area contributed by atoms with E-state index in [0.717, 1.165) is 24.1 Å². The average molecular weight is 477 g/mol. The highest BCUT2D eigenvalue weighted by Crippen LogP contribution is 2.48. The first kappa shape index (κ1) is 21.2. The molecule has 3 aromatic rings. The predicted molar refractivity (Wildman–Crippen MR) is 128 cm³/mol. The van der Waals surface area contributed by atoms with E-state index in [-0.39, 0.29) is 16.5 Å². The lowest BCUT2D eigenvalue weighted by Crippen LogP contribution is -2.42. The quantitative estimate of drug-likeness (QED) is 0.599. The van der Waals surface area contributed by atoms with Gasteiger partial charge in [0, 0.05) is 37.0 Å². The van der Waals surface area contributed by atoms with Crippen LogP contribution >= 0.6 is 0 Å². The second-order valence-electron chi connectivity index (χ2n) is 9.15. The number of nitrogens with zero attached hydrogens (tertiary/aromatic N) is 2. The van der Waals surface area contributed by atoms with E-state index in [0.29, 0.717) is 41.6 Å². The molecule has 0 amide bonds. The van der Waals surface area contributed by atoms with Crippen molar-refractivity contribution >= 4 is 27.4 Å². The van der Waals surface area contributed by atoms with Crippen LogP contribution in [-0.2, 0) is 16.6 Å². The summed E-state index contributed by atoms with van der Waals surface area (Å²) in [5, 5.41) is 9.49. The fraction of sp³-hybridized carbons (Fsp3) is 0.269. The van der Waals surface area contributed by atoms with E-state index >= 15 is 0 Å². The monoisotopic (exact) mass is 476 g/mol. The lowest BCUT2D eigenvalue weighted by atomic mass is 9.94. The zero-order valence-corrected chi connectivity index (χ0v) is 19.5. The minimum Gasteiger partial charge on any atom is -0.488 e. The molecule has 0 saturated heterocycles. The molecule has 3 aromatic carbocycles. The number of sulfonamides is 1. The molecule has 2 aliphatic heterocycles. The van der Waals surface area contributed by atoms with Crippen LogP contribution in [0.2, 0.25) is 0 Å². The van der Waals surface area contributed by atoms with Gasteiger partial charge in [0.2, 0.25) is 10.0 Å². The SMILES string of the molecule is CN1[C@H](C2CC2)CN(c2ccccc2)c2cc3c(cc2S1(=O)=O)-c1cc(C(=O)O)ccc1CO3. The number of aromatic carboxylic acids is 1. The summed E-state index contributed by atoms with van der Waals surface area (Å²) >= 11 is 0. The third-order valence-electron chi connectivity index (χ3n) is 7.11. The van der Waals surface area contributed by atoms with Crippen LogP contribution in [0.15, 0.2) is 65.6 Å². The van der Waals surface area contributed by atoms with Crippen molar-refractivity contribution in [3.63, 3.8) is 0 Å². The van der Waals surface area contributed by atoms with Gasteiger partial charge in [0.15, 0.2) is 0 Å². The average Bonchev–Trinajstić information content (AvgIpc) is 3.69. The smallest absolute Gasteiger partial charge is 0.335 e. The minimum atomic E-state index is -3.80. The van der Waals surface area contributed by atoms with Gasteiger partial charge in [-0.25, -0.2) is 13.2 Å². The number of anilines is 2. The van der Waals surface area contributed by atoms with Crippen molar-refractivity contribution < 1.29 is 23.1 Å². The Balaban J connectivity index is 1.59. The van der Waals surface area contributed by atoms with Crippen LogP contribution in [0.25, 0.3) is 11.1 Å². The molecule has 6 rings (SSSR count). The number of hydrogen-bond acceptors (Lipinski definition) is 5. The maximum Gasteiger partial charge on any atom is 0.335 e. The van der Waals surface area contributed by atoms with Crippen molar-refractivity contribution in [2.45, 2.75) is 30.4 Å². The van der Waals surface area contributed by atoms with Crippen LogP contribution in [0.5, 0.6) is 5.75 Å². The van der Waals surface area contributed by atoms with Crippen LogP contribution in [0, 0.1) is 5.92 Å². The van der Waals surface area contributed by atoms with Gasteiger partial charge in [0.25, 0.3) is 0 Å². The number of para-hydroxylation sites is 1. The van der Waals surface area contributed by atoms with Crippen LogP contribution in [-0.4, -0.2) is 43.4 Å². The largest absolute Gasteiger partial charge is 0.488 e. The molecule has 8 heteroatoms. The van der Waals surface area contributed by atoms with Gasteiger partial charge in [-0.2, -0.15) is 4.31 Å². The third-order valence-corrected chi connectivity index (χ3v) is 9.02. The molecule has 1 fully saturated rings. The fourth-order valence-corrected chi connectivity index (χ4v) is 6.66. The number of carboxylic acids is 1. The van der Waals surface area contributed by atoms with Gasteiger partial charge in [-0.3, -0.25) is 0 Å². The number of rotatable bonds is 3. The van der Waals surface area contributed by atoms with Crippen molar-refractivity contribution in [2.24, 2.45) is 5.92 Å². The van der Waals surface area contributed by atoms with Crippen LogP contribution in [0.1, 0.15) is 28.8 Å². The second kappa shape index (κ2) is 7.58. The van der Waals surface area contributed by atoms with Gasteiger partial charge in [-0.1, -0.05) is 24.3 Å². The van der Waals surface area contributed by atoms with Gasteiger partial charge in [0.05, 0.1) is 11.3 Å². The Labute approximate surface area is 198 Å². The van der Waals surface area contributed by atoms with E-state index in [4.69, 9.17) is 4.74 Å². The zero-order chi connectivity index (χ0) is 23.6. The topological polar surface area (TPSA) is 87.2 Å². The molecule has 34 heavy (non-hydrogen) atoms. The molecule has 7 nitrogen and oxygen atoms in total. The predicted octanol–water partition coefficient (Wildman–Crippen LogP) is 4.50. The number of likely N-dealkylation sites (N-methyl/N-ethyl adjacent to an activating group) is 1. The molecule has 1 saturated carbocycles. The normalized spacial score (nSPS) is 21.0. The summed E-state index contributed by atoms with van der Waals surface area (Å²) in [5.41, 5.74) is 3.77. The maximum atomic E-state index is 13.9. The summed E-state index contributed by atoms with van der Waals surface area (Å²) < 4.78 is 35.3. The zero-order valence-electron chi connectivity index (χ0n) is 18.6. The van der Waals surface area contributed by atoms with E-state index in [9.17, 15) is 18.3 Å². The Hall–Kier alpha value is -3.36. The highest BCUT2D eigenvalue weighted by molar-refractivity contribution is 7.89. The van der Waals surface area contributed by atoms with E-state index in [1.807, 2.05) is 30.3 Å². The van der Waals surface area contributed by atoms with Crippen molar-refractivity contribution in [3.05, 3.63) is 71.8 Å². The van der Waals surface area contributed by atoms with Gasteiger partial charge < -0.3 is 14.7 Å². The molecule has 0 spiro atoms. The first-order chi connectivity index (χ1) is 16.3. The summed E-state index contributed by atoms with van der Waals surface area (Å²) in [4.78, 5) is 13.9. The van der Waals surface area contributed by atoms with E-state index in [1.54, 1.807) is 37.4 Å². The Morgan fingerprint density at radius 3 is 2.50 bits per heavy atom. The van der Waals surface area contributed by atoms with Gasteiger partial charge in [-0.15, -0.1) is 0 Å². The fourth-order valence-electron chi connectivity index (χ4n) is 5.05. The summed E-state index contributed by atoms with van der Waals surface area (Å²) in [5.74, 6) is -0.136. The molecule has 2 heterocycles. The highest BCUT2D eigenvalue weighted by Gasteiger charge is 2.44. The number of carboxylic acid groups (broad SMARTS) is 1. The molecule has 1 atom stereocenters. The lowest BCUT2D eigenvalue weighted by molar-refractivity contribution is 0.0697. The van der Waals surface area contributed by atoms with Gasteiger partial charge in [-0.05, 0) is 60.2 Å². The Kier molecular flexibility index (Phi) is 4.72. The number of carbonyl (C=O) groups is 1. The first-order valence-corrected chi connectivity index (χ1v) is 12.8. The van der Waals surface area contributed by atoms with Crippen LogP contribution in [0.3, 0.4) is 0 Å². The number of fused-ring (bicyclic) bond motifs is 4. The van der Waals surface area contributed by atoms with Crippen molar-refractivity contribution in [1.82, 2.24) is 4.31 Å². The molecule has 174 valence electrons. The van der Waals surface area contributed by atoms with Gasteiger partial charge in [0.1, 0.15) is 17.3 Å². The number of hydrogen-bond donors (Lipinski definition) is 1.